The largest absolute Gasteiger partial charge is 0.0717 e. The van der Waals surface area contributed by atoms with Crippen molar-refractivity contribution < 1.29 is 0 Å². The molecule has 3 aromatic rings. The molecule has 0 atom stereocenters. The third-order valence-electron chi connectivity index (χ3n) is 3.83. The first kappa shape index (κ1) is 14.3. The molecule has 0 saturated carbocycles. The average Bonchev–Trinajstić information content (AvgIpc) is 2.58. The fourth-order valence-electron chi connectivity index (χ4n) is 2.59. The van der Waals surface area contributed by atoms with Crippen LogP contribution in [0.4, 0.5) is 0 Å². The van der Waals surface area contributed by atoms with Gasteiger partial charge in [0.15, 0.2) is 0 Å². The first-order valence-corrected chi connectivity index (χ1v) is 7.69. The van der Waals surface area contributed by atoms with E-state index < -0.39 is 0 Å². The Morgan fingerprint density at radius 3 is 1.86 bits per heavy atom. The maximum Gasteiger partial charge on any atom is -0.00880 e. The van der Waals surface area contributed by atoms with Gasteiger partial charge in [-0.25, -0.2) is 0 Å². The van der Waals surface area contributed by atoms with Crippen LogP contribution in [0, 0.1) is 6.92 Å². The second-order valence-corrected chi connectivity index (χ2v) is 5.54. The van der Waals surface area contributed by atoms with Gasteiger partial charge in [0.25, 0.3) is 0 Å². The highest BCUT2D eigenvalue weighted by molar-refractivity contribution is 5.80. The Bertz CT molecular complexity index is 735. The minimum Gasteiger partial charge on any atom is -0.0717 e. The van der Waals surface area contributed by atoms with E-state index in [4.69, 9.17) is 0 Å². The number of aryl methyl sites for hydroxylation is 1. The lowest BCUT2D eigenvalue weighted by atomic mass is 9.95. The SMILES string of the molecule is Cc1ccc(/C(=C/Cc2ccccc2)c2ccccc2)cc1. The summed E-state index contributed by atoms with van der Waals surface area (Å²) in [6, 6.07) is 30.0. The molecular weight excluding hydrogens is 264 g/mol. The van der Waals surface area contributed by atoms with E-state index in [9.17, 15) is 0 Å². The van der Waals surface area contributed by atoms with Gasteiger partial charge in [0.2, 0.25) is 0 Å². The zero-order valence-corrected chi connectivity index (χ0v) is 12.9. The van der Waals surface area contributed by atoms with E-state index in [1.54, 1.807) is 0 Å². The Morgan fingerprint density at radius 2 is 1.23 bits per heavy atom. The predicted octanol–water partition coefficient (Wildman–Crippen LogP) is 5.67. The predicted molar refractivity (Wildman–Crippen MR) is 94.8 cm³/mol. The Morgan fingerprint density at radius 1 is 0.682 bits per heavy atom. The molecule has 0 aliphatic heterocycles. The molecule has 0 saturated heterocycles. The topological polar surface area (TPSA) is 0 Å². The van der Waals surface area contributed by atoms with E-state index in [1.165, 1.54) is 27.8 Å². The van der Waals surface area contributed by atoms with E-state index in [0.717, 1.165) is 6.42 Å². The van der Waals surface area contributed by atoms with Gasteiger partial charge in [-0.3, -0.25) is 0 Å². The molecule has 0 amide bonds. The monoisotopic (exact) mass is 284 g/mol. The fraction of sp³-hybridized carbons (Fsp3) is 0.0909. The highest BCUT2D eigenvalue weighted by atomic mass is 14.1. The quantitative estimate of drug-likeness (QED) is 0.579. The van der Waals surface area contributed by atoms with Crippen molar-refractivity contribution in [1.29, 1.82) is 0 Å². The molecule has 0 spiro atoms. The van der Waals surface area contributed by atoms with Crippen LogP contribution in [0.2, 0.25) is 0 Å². The average molecular weight is 284 g/mol. The van der Waals surface area contributed by atoms with Crippen LogP contribution in [-0.4, -0.2) is 0 Å². The maximum absolute atomic E-state index is 2.33. The van der Waals surface area contributed by atoms with E-state index in [1.807, 2.05) is 0 Å². The van der Waals surface area contributed by atoms with Crippen LogP contribution < -0.4 is 0 Å². The molecule has 0 radical (unpaired) electrons. The lowest BCUT2D eigenvalue weighted by Crippen LogP contribution is -1.90. The third-order valence-corrected chi connectivity index (χ3v) is 3.83. The standard InChI is InChI=1S/C22H20/c1-18-12-15-21(16-13-18)22(20-10-6-3-7-11-20)17-14-19-8-4-2-5-9-19/h2-13,15-17H,14H2,1H3/b22-17+. The van der Waals surface area contributed by atoms with E-state index in [0.29, 0.717) is 0 Å². The molecule has 0 unspecified atom stereocenters. The smallest absolute Gasteiger partial charge is 0.00880 e. The molecule has 0 nitrogen and oxygen atoms in total. The molecular formula is C22H20. The zero-order chi connectivity index (χ0) is 15.2. The zero-order valence-electron chi connectivity index (χ0n) is 12.9. The fourth-order valence-corrected chi connectivity index (χ4v) is 2.59. The van der Waals surface area contributed by atoms with Gasteiger partial charge in [0.1, 0.15) is 0 Å². The van der Waals surface area contributed by atoms with Crippen molar-refractivity contribution in [3.63, 3.8) is 0 Å². The highest BCUT2D eigenvalue weighted by Gasteiger charge is 2.04. The Labute approximate surface area is 132 Å². The summed E-state index contributed by atoms with van der Waals surface area (Å²) in [5.74, 6) is 0. The van der Waals surface area contributed by atoms with Crippen molar-refractivity contribution in [2.75, 3.05) is 0 Å². The summed E-state index contributed by atoms with van der Waals surface area (Å²) in [4.78, 5) is 0. The van der Waals surface area contributed by atoms with Crippen LogP contribution in [0.1, 0.15) is 22.3 Å². The number of hydrogen-bond acceptors (Lipinski definition) is 0. The van der Waals surface area contributed by atoms with Crippen LogP contribution in [0.25, 0.3) is 5.57 Å². The molecule has 0 aliphatic rings. The van der Waals surface area contributed by atoms with Gasteiger partial charge in [-0.1, -0.05) is 96.6 Å². The molecule has 22 heavy (non-hydrogen) atoms. The van der Waals surface area contributed by atoms with Gasteiger partial charge in [-0.05, 0) is 35.6 Å². The van der Waals surface area contributed by atoms with E-state index >= 15 is 0 Å². The van der Waals surface area contributed by atoms with Gasteiger partial charge >= 0.3 is 0 Å². The third kappa shape index (κ3) is 3.53. The van der Waals surface area contributed by atoms with E-state index in [-0.39, 0.29) is 0 Å². The summed E-state index contributed by atoms with van der Waals surface area (Å²) < 4.78 is 0. The Kier molecular flexibility index (Phi) is 4.50. The van der Waals surface area contributed by atoms with Gasteiger partial charge in [-0.2, -0.15) is 0 Å². The Balaban J connectivity index is 1.98. The molecule has 3 rings (SSSR count). The van der Waals surface area contributed by atoms with Crippen molar-refractivity contribution in [3.8, 4) is 0 Å². The van der Waals surface area contributed by atoms with Crippen molar-refractivity contribution in [1.82, 2.24) is 0 Å². The molecule has 0 bridgehead atoms. The van der Waals surface area contributed by atoms with Gasteiger partial charge in [0.05, 0.1) is 0 Å². The summed E-state index contributed by atoms with van der Waals surface area (Å²) >= 11 is 0. The molecule has 0 aliphatic carbocycles. The lowest BCUT2D eigenvalue weighted by molar-refractivity contribution is 1.27. The summed E-state index contributed by atoms with van der Waals surface area (Å²) in [5, 5.41) is 0. The summed E-state index contributed by atoms with van der Waals surface area (Å²) in [6.07, 6.45) is 3.27. The number of allylic oxidation sites excluding steroid dienone is 1. The first-order valence-electron chi connectivity index (χ1n) is 7.69. The van der Waals surface area contributed by atoms with Gasteiger partial charge in [0, 0.05) is 0 Å². The first-order chi connectivity index (χ1) is 10.8. The number of rotatable bonds is 4. The Hall–Kier alpha value is -2.60. The molecule has 0 fully saturated rings. The van der Waals surface area contributed by atoms with Crippen molar-refractivity contribution in [3.05, 3.63) is 113 Å². The minimum atomic E-state index is 0.943. The highest BCUT2D eigenvalue weighted by Crippen LogP contribution is 2.24. The summed E-state index contributed by atoms with van der Waals surface area (Å²) in [5.41, 5.74) is 6.46. The molecule has 0 heteroatoms. The summed E-state index contributed by atoms with van der Waals surface area (Å²) in [6.45, 7) is 2.12. The van der Waals surface area contributed by atoms with Crippen LogP contribution in [0.15, 0.2) is 91.0 Å². The van der Waals surface area contributed by atoms with Crippen molar-refractivity contribution in [2.24, 2.45) is 0 Å². The number of hydrogen-bond donors (Lipinski definition) is 0. The van der Waals surface area contributed by atoms with Crippen molar-refractivity contribution >= 4 is 5.57 Å². The molecule has 0 aromatic heterocycles. The van der Waals surface area contributed by atoms with E-state index in [2.05, 4.69) is 97.9 Å². The minimum absolute atomic E-state index is 0.943. The molecule has 0 heterocycles. The normalized spacial score (nSPS) is 11.4. The van der Waals surface area contributed by atoms with Crippen LogP contribution in [0.5, 0.6) is 0 Å². The van der Waals surface area contributed by atoms with Crippen LogP contribution >= 0.6 is 0 Å². The number of benzene rings is 3. The second kappa shape index (κ2) is 6.91. The molecule has 0 N–H and O–H groups in total. The molecule has 108 valence electrons. The van der Waals surface area contributed by atoms with Crippen LogP contribution in [-0.2, 0) is 6.42 Å². The lowest BCUT2D eigenvalue weighted by Gasteiger charge is -2.09. The van der Waals surface area contributed by atoms with Crippen LogP contribution in [0.3, 0.4) is 0 Å². The molecule has 3 aromatic carbocycles. The van der Waals surface area contributed by atoms with Gasteiger partial charge < -0.3 is 0 Å². The van der Waals surface area contributed by atoms with Gasteiger partial charge in [-0.15, -0.1) is 0 Å². The second-order valence-electron chi connectivity index (χ2n) is 5.54. The maximum atomic E-state index is 2.33. The van der Waals surface area contributed by atoms with Crippen molar-refractivity contribution in [2.45, 2.75) is 13.3 Å². The summed E-state index contributed by atoms with van der Waals surface area (Å²) in [7, 11) is 0.